The average Bonchev–Trinajstić information content (AvgIpc) is 2.35. The van der Waals surface area contributed by atoms with Crippen molar-refractivity contribution < 1.29 is 19.4 Å². The number of ether oxygens (including phenoxy) is 3. The van der Waals surface area contributed by atoms with E-state index < -0.39 is 0 Å². The van der Waals surface area contributed by atoms with Gasteiger partial charge in [-0.15, -0.1) is 0 Å². The van der Waals surface area contributed by atoms with Crippen molar-refractivity contribution in [2.75, 3.05) is 21.3 Å². The number of oxime groups is 1. The highest BCUT2D eigenvalue weighted by atomic mass is 16.5. The zero-order valence-corrected chi connectivity index (χ0v) is 9.77. The summed E-state index contributed by atoms with van der Waals surface area (Å²) in [6, 6.07) is 3.47. The molecule has 1 rings (SSSR count). The second-order valence-corrected chi connectivity index (χ2v) is 3.07. The van der Waals surface area contributed by atoms with Crippen LogP contribution in [0.5, 0.6) is 17.2 Å². The standard InChI is InChI=1S/C11H15NO4/c1-7(12-13)8-5-6-9(14-2)11(16-4)10(8)15-3/h5-6,13H,1-4H3. The van der Waals surface area contributed by atoms with Gasteiger partial charge in [0.1, 0.15) is 0 Å². The van der Waals surface area contributed by atoms with Crippen LogP contribution in [0.25, 0.3) is 0 Å². The molecule has 5 heteroatoms. The topological polar surface area (TPSA) is 60.3 Å². The van der Waals surface area contributed by atoms with Crippen LogP contribution in [0.15, 0.2) is 17.3 Å². The van der Waals surface area contributed by atoms with Gasteiger partial charge >= 0.3 is 0 Å². The molecule has 0 saturated carbocycles. The van der Waals surface area contributed by atoms with Gasteiger partial charge in [0.15, 0.2) is 11.5 Å². The third-order valence-corrected chi connectivity index (χ3v) is 2.24. The third kappa shape index (κ3) is 2.03. The van der Waals surface area contributed by atoms with E-state index in [0.717, 1.165) is 0 Å². The molecule has 0 heterocycles. The van der Waals surface area contributed by atoms with Crippen LogP contribution in [-0.2, 0) is 0 Å². The van der Waals surface area contributed by atoms with Gasteiger partial charge in [0.25, 0.3) is 0 Å². The van der Waals surface area contributed by atoms with Gasteiger partial charge in [-0.1, -0.05) is 5.16 Å². The van der Waals surface area contributed by atoms with Gasteiger partial charge in [-0.3, -0.25) is 0 Å². The molecule has 5 nitrogen and oxygen atoms in total. The van der Waals surface area contributed by atoms with E-state index in [1.54, 1.807) is 26.2 Å². The van der Waals surface area contributed by atoms with Crippen LogP contribution in [0.1, 0.15) is 12.5 Å². The summed E-state index contributed by atoms with van der Waals surface area (Å²) in [5.74, 6) is 1.52. The lowest BCUT2D eigenvalue weighted by atomic mass is 10.1. The first kappa shape index (κ1) is 12.2. The molecule has 0 radical (unpaired) electrons. The Hall–Kier alpha value is -1.91. The maximum atomic E-state index is 8.76. The normalized spacial score (nSPS) is 11.1. The summed E-state index contributed by atoms with van der Waals surface area (Å²) < 4.78 is 15.6. The lowest BCUT2D eigenvalue weighted by Gasteiger charge is -2.14. The Bertz CT molecular complexity index is 401. The highest BCUT2D eigenvalue weighted by Gasteiger charge is 2.17. The van der Waals surface area contributed by atoms with Gasteiger partial charge in [-0.25, -0.2) is 0 Å². The van der Waals surface area contributed by atoms with Crippen LogP contribution < -0.4 is 14.2 Å². The monoisotopic (exact) mass is 225 g/mol. The molecule has 0 atom stereocenters. The summed E-state index contributed by atoms with van der Waals surface area (Å²) in [4.78, 5) is 0. The van der Waals surface area contributed by atoms with Crippen LogP contribution in [0.2, 0.25) is 0 Å². The zero-order chi connectivity index (χ0) is 12.1. The van der Waals surface area contributed by atoms with Crippen molar-refractivity contribution in [2.45, 2.75) is 6.92 Å². The fourth-order valence-corrected chi connectivity index (χ4v) is 1.44. The summed E-state index contributed by atoms with van der Waals surface area (Å²) in [5.41, 5.74) is 1.10. The van der Waals surface area contributed by atoms with Crippen molar-refractivity contribution in [1.82, 2.24) is 0 Å². The molecule has 0 bridgehead atoms. The van der Waals surface area contributed by atoms with E-state index in [9.17, 15) is 0 Å². The molecule has 1 aromatic rings. The van der Waals surface area contributed by atoms with Crippen molar-refractivity contribution in [2.24, 2.45) is 5.16 Å². The molecule has 16 heavy (non-hydrogen) atoms. The van der Waals surface area contributed by atoms with Crippen molar-refractivity contribution in [3.63, 3.8) is 0 Å². The average molecular weight is 225 g/mol. The molecule has 0 spiro atoms. The lowest BCUT2D eigenvalue weighted by Crippen LogP contribution is -2.02. The largest absolute Gasteiger partial charge is 0.493 e. The molecule has 0 fully saturated rings. The molecule has 88 valence electrons. The number of methoxy groups -OCH3 is 3. The molecule has 0 saturated heterocycles. The van der Waals surface area contributed by atoms with Gasteiger partial charge < -0.3 is 19.4 Å². The Labute approximate surface area is 94.2 Å². The van der Waals surface area contributed by atoms with Crippen LogP contribution in [0.3, 0.4) is 0 Å². The van der Waals surface area contributed by atoms with Gasteiger partial charge in [-0.05, 0) is 19.1 Å². The predicted octanol–water partition coefficient (Wildman–Crippen LogP) is 1.91. The quantitative estimate of drug-likeness (QED) is 0.483. The molecular formula is C11H15NO4. The zero-order valence-electron chi connectivity index (χ0n) is 9.77. The van der Waals surface area contributed by atoms with Crippen LogP contribution in [0, 0.1) is 0 Å². The molecule has 0 unspecified atom stereocenters. The number of nitrogens with zero attached hydrogens (tertiary/aromatic N) is 1. The Morgan fingerprint density at radius 1 is 1.06 bits per heavy atom. The van der Waals surface area contributed by atoms with E-state index in [1.807, 2.05) is 0 Å². The van der Waals surface area contributed by atoms with E-state index in [2.05, 4.69) is 5.16 Å². The molecule has 0 aliphatic carbocycles. The van der Waals surface area contributed by atoms with Crippen molar-refractivity contribution >= 4 is 5.71 Å². The smallest absolute Gasteiger partial charge is 0.203 e. The molecular weight excluding hydrogens is 210 g/mol. The number of hydrogen-bond acceptors (Lipinski definition) is 5. The third-order valence-electron chi connectivity index (χ3n) is 2.24. The SMILES string of the molecule is COc1ccc(C(C)=NO)c(OC)c1OC. The first-order valence-corrected chi connectivity index (χ1v) is 4.67. The number of benzene rings is 1. The minimum absolute atomic E-state index is 0.442. The van der Waals surface area contributed by atoms with E-state index in [4.69, 9.17) is 19.4 Å². The summed E-state index contributed by atoms with van der Waals surface area (Å²) in [6.45, 7) is 1.67. The summed E-state index contributed by atoms with van der Waals surface area (Å²) in [5, 5.41) is 11.9. The van der Waals surface area contributed by atoms with Crippen LogP contribution in [-0.4, -0.2) is 32.2 Å². The van der Waals surface area contributed by atoms with E-state index in [1.165, 1.54) is 14.2 Å². The maximum absolute atomic E-state index is 8.76. The summed E-state index contributed by atoms with van der Waals surface area (Å²) >= 11 is 0. The van der Waals surface area contributed by atoms with Gasteiger partial charge in [0.2, 0.25) is 5.75 Å². The molecule has 0 amide bonds. The number of hydrogen-bond donors (Lipinski definition) is 1. The number of rotatable bonds is 4. The summed E-state index contributed by atoms with van der Waals surface area (Å²) in [7, 11) is 4.59. The van der Waals surface area contributed by atoms with Crippen molar-refractivity contribution in [3.8, 4) is 17.2 Å². The van der Waals surface area contributed by atoms with Gasteiger partial charge in [-0.2, -0.15) is 0 Å². The van der Waals surface area contributed by atoms with Gasteiger partial charge in [0.05, 0.1) is 27.0 Å². The van der Waals surface area contributed by atoms with E-state index >= 15 is 0 Å². The molecule has 0 aliphatic heterocycles. The summed E-state index contributed by atoms with van der Waals surface area (Å²) in [6.07, 6.45) is 0. The molecule has 1 aromatic carbocycles. The Morgan fingerprint density at radius 2 is 1.69 bits per heavy atom. The predicted molar refractivity (Wildman–Crippen MR) is 60.1 cm³/mol. The van der Waals surface area contributed by atoms with Crippen molar-refractivity contribution in [1.29, 1.82) is 0 Å². The first-order chi connectivity index (χ1) is 7.69. The molecule has 0 aromatic heterocycles. The Balaban J connectivity index is 3.43. The Morgan fingerprint density at radius 3 is 2.12 bits per heavy atom. The second kappa shape index (κ2) is 5.25. The maximum Gasteiger partial charge on any atom is 0.203 e. The van der Waals surface area contributed by atoms with Crippen LogP contribution in [0.4, 0.5) is 0 Å². The molecule has 0 aliphatic rings. The first-order valence-electron chi connectivity index (χ1n) is 4.67. The fourth-order valence-electron chi connectivity index (χ4n) is 1.44. The lowest BCUT2D eigenvalue weighted by molar-refractivity contribution is 0.316. The minimum Gasteiger partial charge on any atom is -0.493 e. The highest BCUT2D eigenvalue weighted by Crippen LogP contribution is 2.39. The molecule has 1 N–H and O–H groups in total. The second-order valence-electron chi connectivity index (χ2n) is 3.07. The minimum atomic E-state index is 0.442. The fraction of sp³-hybridized carbons (Fsp3) is 0.364. The van der Waals surface area contributed by atoms with Crippen LogP contribution >= 0.6 is 0 Å². The van der Waals surface area contributed by atoms with Gasteiger partial charge in [0, 0.05) is 5.56 Å². The Kier molecular flexibility index (Phi) is 3.99. The van der Waals surface area contributed by atoms with E-state index in [-0.39, 0.29) is 0 Å². The van der Waals surface area contributed by atoms with Crippen molar-refractivity contribution in [3.05, 3.63) is 17.7 Å². The van der Waals surface area contributed by atoms with E-state index in [0.29, 0.717) is 28.5 Å². The highest BCUT2D eigenvalue weighted by molar-refractivity contribution is 6.01.